The van der Waals surface area contributed by atoms with Crippen LogP contribution in [0.15, 0.2) is 23.6 Å². The Balaban J connectivity index is 1.95. The van der Waals surface area contributed by atoms with Crippen molar-refractivity contribution in [3.05, 3.63) is 45.7 Å². The summed E-state index contributed by atoms with van der Waals surface area (Å²) in [7, 11) is 0. The molecule has 0 bridgehead atoms. The smallest absolute Gasteiger partial charge is 0.167 e. The van der Waals surface area contributed by atoms with Gasteiger partial charge in [-0.05, 0) is 25.1 Å². The highest BCUT2D eigenvalue weighted by Crippen LogP contribution is 2.21. The van der Waals surface area contributed by atoms with Crippen molar-refractivity contribution in [2.75, 3.05) is 6.54 Å². The summed E-state index contributed by atoms with van der Waals surface area (Å²) in [6, 6.07) is 5.14. The van der Waals surface area contributed by atoms with Crippen LogP contribution in [-0.4, -0.2) is 11.5 Å². The quantitative estimate of drug-likeness (QED) is 0.881. The summed E-state index contributed by atoms with van der Waals surface area (Å²) in [6.45, 7) is 5.75. The van der Waals surface area contributed by atoms with Crippen LogP contribution in [0, 0.1) is 12.7 Å². The van der Waals surface area contributed by atoms with Crippen molar-refractivity contribution in [3.63, 3.8) is 0 Å². The number of ether oxygens (including phenoxy) is 1. The fourth-order valence-corrected chi connectivity index (χ4v) is 2.36. The van der Waals surface area contributed by atoms with Crippen LogP contribution >= 0.6 is 11.3 Å². The number of hydrogen-bond donors (Lipinski definition) is 1. The Morgan fingerprint density at radius 3 is 3.05 bits per heavy atom. The van der Waals surface area contributed by atoms with Gasteiger partial charge in [0.2, 0.25) is 0 Å². The molecule has 3 nitrogen and oxygen atoms in total. The highest BCUT2D eigenvalue weighted by Gasteiger charge is 2.07. The minimum Gasteiger partial charge on any atom is -0.484 e. The van der Waals surface area contributed by atoms with Gasteiger partial charge in [0.15, 0.2) is 11.6 Å². The summed E-state index contributed by atoms with van der Waals surface area (Å²) in [4.78, 5) is 4.42. The van der Waals surface area contributed by atoms with Crippen LogP contribution in [0.25, 0.3) is 0 Å². The van der Waals surface area contributed by atoms with Crippen LogP contribution in [0.4, 0.5) is 4.39 Å². The second-order valence-electron chi connectivity index (χ2n) is 4.19. The van der Waals surface area contributed by atoms with Crippen LogP contribution in [0.1, 0.15) is 23.2 Å². The maximum atomic E-state index is 13.7. The zero-order chi connectivity index (χ0) is 13.7. The van der Waals surface area contributed by atoms with E-state index < -0.39 is 0 Å². The summed E-state index contributed by atoms with van der Waals surface area (Å²) in [6.07, 6.45) is 0. The summed E-state index contributed by atoms with van der Waals surface area (Å²) >= 11 is 1.58. The fraction of sp³-hybridized carbons (Fsp3) is 0.357. The van der Waals surface area contributed by atoms with E-state index in [0.29, 0.717) is 12.2 Å². The maximum absolute atomic E-state index is 13.7. The number of rotatable bonds is 6. The Morgan fingerprint density at radius 1 is 1.42 bits per heavy atom. The number of thiazole rings is 1. The summed E-state index contributed by atoms with van der Waals surface area (Å²) in [5.41, 5.74) is 1.42. The highest BCUT2D eigenvalue weighted by atomic mass is 32.1. The lowest BCUT2D eigenvalue weighted by atomic mass is 10.2. The van der Waals surface area contributed by atoms with Crippen LogP contribution in [0.5, 0.6) is 5.75 Å². The van der Waals surface area contributed by atoms with E-state index >= 15 is 0 Å². The average molecular weight is 280 g/mol. The third-order valence-electron chi connectivity index (χ3n) is 2.66. The third kappa shape index (κ3) is 3.75. The van der Waals surface area contributed by atoms with E-state index in [0.717, 1.165) is 23.8 Å². The van der Waals surface area contributed by atoms with Gasteiger partial charge in [-0.2, -0.15) is 0 Å². The Hall–Kier alpha value is -1.46. The Bertz CT molecular complexity index is 542. The molecule has 1 N–H and O–H groups in total. The van der Waals surface area contributed by atoms with Gasteiger partial charge in [0.25, 0.3) is 0 Å². The number of halogens is 1. The van der Waals surface area contributed by atoms with E-state index in [-0.39, 0.29) is 11.6 Å². The number of hydrogen-bond acceptors (Lipinski definition) is 4. The predicted octanol–water partition coefficient (Wildman–Crippen LogP) is 3.28. The lowest BCUT2D eigenvalue weighted by Crippen LogP contribution is -2.11. The largest absolute Gasteiger partial charge is 0.484 e. The molecule has 0 fully saturated rings. The molecule has 0 amide bonds. The Labute approximate surface area is 116 Å². The van der Waals surface area contributed by atoms with E-state index in [4.69, 9.17) is 4.74 Å². The van der Waals surface area contributed by atoms with E-state index in [2.05, 4.69) is 17.2 Å². The number of aryl methyl sites for hydroxylation is 1. The third-order valence-corrected chi connectivity index (χ3v) is 3.56. The second-order valence-corrected chi connectivity index (χ2v) is 5.13. The molecule has 0 aliphatic heterocycles. The van der Waals surface area contributed by atoms with Gasteiger partial charge in [-0.3, -0.25) is 0 Å². The zero-order valence-electron chi connectivity index (χ0n) is 11.1. The molecule has 0 saturated heterocycles. The van der Waals surface area contributed by atoms with Crippen LogP contribution in [0.2, 0.25) is 0 Å². The minimum absolute atomic E-state index is 0.279. The van der Waals surface area contributed by atoms with E-state index in [9.17, 15) is 4.39 Å². The lowest BCUT2D eigenvalue weighted by molar-refractivity contribution is 0.285. The standard InChI is InChI=1S/C14H17FN2OS/c1-3-16-7-13-17-11(9-19-13)8-18-12-6-4-5-10(2)14(12)15/h4-6,9,16H,3,7-8H2,1-2H3. The van der Waals surface area contributed by atoms with Gasteiger partial charge in [0.05, 0.1) is 5.69 Å². The molecular formula is C14H17FN2OS. The van der Waals surface area contributed by atoms with Crippen molar-refractivity contribution in [2.45, 2.75) is 27.0 Å². The van der Waals surface area contributed by atoms with Gasteiger partial charge in [-0.1, -0.05) is 19.1 Å². The first kappa shape index (κ1) is 14.0. The van der Waals surface area contributed by atoms with Crippen LogP contribution in [-0.2, 0) is 13.2 Å². The summed E-state index contributed by atoms with van der Waals surface area (Å²) in [5, 5.41) is 6.18. The number of benzene rings is 1. The maximum Gasteiger partial charge on any atom is 0.167 e. The molecule has 1 heterocycles. The molecule has 1 aromatic heterocycles. The summed E-state index contributed by atoms with van der Waals surface area (Å²) in [5.74, 6) is -0.0214. The molecule has 0 aliphatic rings. The van der Waals surface area contributed by atoms with Gasteiger partial charge in [-0.15, -0.1) is 11.3 Å². The second kappa shape index (κ2) is 6.63. The van der Waals surface area contributed by atoms with Gasteiger partial charge in [0.1, 0.15) is 11.6 Å². The predicted molar refractivity (Wildman–Crippen MR) is 75.0 cm³/mol. The van der Waals surface area contributed by atoms with Crippen molar-refractivity contribution in [1.82, 2.24) is 10.3 Å². The van der Waals surface area contributed by atoms with Crippen molar-refractivity contribution in [3.8, 4) is 5.75 Å². The molecule has 102 valence electrons. The van der Waals surface area contributed by atoms with Gasteiger partial charge in [0, 0.05) is 11.9 Å². The number of nitrogens with zero attached hydrogens (tertiary/aromatic N) is 1. The molecule has 2 aromatic rings. The molecule has 5 heteroatoms. The van der Waals surface area contributed by atoms with Gasteiger partial charge < -0.3 is 10.1 Å². The monoisotopic (exact) mass is 280 g/mol. The number of aromatic nitrogens is 1. The van der Waals surface area contributed by atoms with Crippen molar-refractivity contribution in [2.24, 2.45) is 0 Å². The number of nitrogens with one attached hydrogen (secondary N) is 1. The Morgan fingerprint density at radius 2 is 2.26 bits per heavy atom. The molecule has 0 atom stereocenters. The minimum atomic E-state index is -0.300. The summed E-state index contributed by atoms with van der Waals surface area (Å²) < 4.78 is 19.2. The first-order valence-electron chi connectivity index (χ1n) is 6.22. The van der Waals surface area contributed by atoms with Crippen LogP contribution in [0.3, 0.4) is 0 Å². The molecule has 0 unspecified atom stereocenters. The van der Waals surface area contributed by atoms with Gasteiger partial charge >= 0.3 is 0 Å². The molecule has 0 spiro atoms. The topological polar surface area (TPSA) is 34.2 Å². The first-order valence-corrected chi connectivity index (χ1v) is 7.10. The molecule has 2 rings (SSSR count). The van der Waals surface area contributed by atoms with Crippen LogP contribution < -0.4 is 10.1 Å². The first-order chi connectivity index (χ1) is 9.20. The van der Waals surface area contributed by atoms with Crippen molar-refractivity contribution < 1.29 is 9.13 Å². The molecule has 0 saturated carbocycles. The zero-order valence-corrected chi connectivity index (χ0v) is 11.9. The average Bonchev–Trinajstić information content (AvgIpc) is 2.86. The lowest BCUT2D eigenvalue weighted by Gasteiger charge is -2.06. The molecular weight excluding hydrogens is 263 g/mol. The highest BCUT2D eigenvalue weighted by molar-refractivity contribution is 7.09. The van der Waals surface area contributed by atoms with E-state index in [1.54, 1.807) is 36.5 Å². The Kier molecular flexibility index (Phi) is 4.87. The van der Waals surface area contributed by atoms with Gasteiger partial charge in [-0.25, -0.2) is 9.37 Å². The van der Waals surface area contributed by atoms with Crippen molar-refractivity contribution in [1.29, 1.82) is 0 Å². The molecule has 0 aliphatic carbocycles. The molecule has 19 heavy (non-hydrogen) atoms. The molecule has 0 radical (unpaired) electrons. The van der Waals surface area contributed by atoms with Crippen molar-refractivity contribution >= 4 is 11.3 Å². The normalized spacial score (nSPS) is 10.7. The van der Waals surface area contributed by atoms with E-state index in [1.165, 1.54) is 0 Å². The fourth-order valence-electron chi connectivity index (χ4n) is 1.61. The SMILES string of the molecule is CCNCc1nc(COc2cccc(C)c2F)cs1. The molecule has 1 aromatic carbocycles. The van der Waals surface area contributed by atoms with E-state index in [1.807, 2.05) is 5.38 Å².